The molecule has 0 aliphatic rings. The molecule has 0 unspecified atom stereocenters. The van der Waals surface area contributed by atoms with E-state index in [1.54, 1.807) is 0 Å². The van der Waals surface area contributed by atoms with Gasteiger partial charge in [-0.2, -0.15) is 0 Å². The third-order valence-electron chi connectivity index (χ3n) is 2.52. The van der Waals surface area contributed by atoms with E-state index in [9.17, 15) is 13.6 Å². The minimum absolute atomic E-state index is 0.0377. The van der Waals surface area contributed by atoms with Gasteiger partial charge in [-0.15, -0.1) is 0 Å². The van der Waals surface area contributed by atoms with E-state index in [-0.39, 0.29) is 12.2 Å². The van der Waals surface area contributed by atoms with Crippen molar-refractivity contribution in [1.29, 1.82) is 0 Å². The summed E-state index contributed by atoms with van der Waals surface area (Å²) in [5.41, 5.74) is 0.467. The van der Waals surface area contributed by atoms with E-state index in [0.29, 0.717) is 15.7 Å². The SMILES string of the molecule is O=C(CNc1ccc(F)cc1F)Nc1cc(Cl)cc(Cl)c1. The number of rotatable bonds is 4. The van der Waals surface area contributed by atoms with Crippen molar-refractivity contribution in [3.63, 3.8) is 0 Å². The van der Waals surface area contributed by atoms with Crippen LogP contribution in [-0.4, -0.2) is 12.5 Å². The summed E-state index contributed by atoms with van der Waals surface area (Å²) in [6.45, 7) is -0.188. The Morgan fingerprint density at radius 2 is 1.71 bits per heavy atom. The minimum Gasteiger partial charge on any atom is -0.374 e. The first-order valence-electron chi connectivity index (χ1n) is 5.89. The molecule has 7 heteroatoms. The summed E-state index contributed by atoms with van der Waals surface area (Å²) in [6.07, 6.45) is 0. The molecule has 2 N–H and O–H groups in total. The Hall–Kier alpha value is -1.85. The summed E-state index contributed by atoms with van der Waals surface area (Å²) in [5, 5.41) is 5.90. The van der Waals surface area contributed by atoms with Gasteiger partial charge in [-0.3, -0.25) is 4.79 Å². The van der Waals surface area contributed by atoms with E-state index in [0.717, 1.165) is 12.1 Å². The molecule has 0 spiro atoms. The van der Waals surface area contributed by atoms with Gasteiger partial charge in [0.25, 0.3) is 0 Å². The first-order valence-corrected chi connectivity index (χ1v) is 6.64. The quantitative estimate of drug-likeness (QED) is 0.876. The molecule has 2 rings (SSSR count). The van der Waals surface area contributed by atoms with Crippen LogP contribution in [-0.2, 0) is 4.79 Å². The molecule has 0 aliphatic heterocycles. The zero-order valence-electron chi connectivity index (χ0n) is 10.6. The highest BCUT2D eigenvalue weighted by atomic mass is 35.5. The number of carbonyl (C=O) groups is 1. The smallest absolute Gasteiger partial charge is 0.243 e. The van der Waals surface area contributed by atoms with Crippen molar-refractivity contribution in [2.45, 2.75) is 0 Å². The first kappa shape index (κ1) is 15.5. The lowest BCUT2D eigenvalue weighted by Gasteiger charge is -2.09. The Balaban J connectivity index is 1.95. The number of benzene rings is 2. The van der Waals surface area contributed by atoms with Gasteiger partial charge in [0.1, 0.15) is 11.6 Å². The summed E-state index contributed by atoms with van der Waals surface area (Å²) in [6, 6.07) is 7.64. The predicted octanol–water partition coefficient (Wildman–Crippen LogP) is 4.32. The van der Waals surface area contributed by atoms with E-state index >= 15 is 0 Å². The maximum atomic E-state index is 13.4. The van der Waals surface area contributed by atoms with Gasteiger partial charge in [0.05, 0.1) is 12.2 Å². The molecule has 2 aromatic carbocycles. The number of amides is 1. The molecule has 0 heterocycles. The largest absolute Gasteiger partial charge is 0.374 e. The third kappa shape index (κ3) is 4.58. The fraction of sp³-hybridized carbons (Fsp3) is 0.0714. The van der Waals surface area contributed by atoms with E-state index in [1.807, 2.05) is 0 Å². The second-order valence-electron chi connectivity index (χ2n) is 4.18. The Morgan fingerprint density at radius 3 is 2.33 bits per heavy atom. The number of nitrogens with one attached hydrogen (secondary N) is 2. The van der Waals surface area contributed by atoms with Crippen molar-refractivity contribution in [2.24, 2.45) is 0 Å². The lowest BCUT2D eigenvalue weighted by Crippen LogP contribution is -2.22. The highest BCUT2D eigenvalue weighted by molar-refractivity contribution is 6.35. The topological polar surface area (TPSA) is 41.1 Å². The number of halogens is 4. The maximum absolute atomic E-state index is 13.4. The third-order valence-corrected chi connectivity index (χ3v) is 2.95. The normalized spacial score (nSPS) is 10.3. The van der Waals surface area contributed by atoms with Crippen molar-refractivity contribution in [2.75, 3.05) is 17.2 Å². The number of carbonyl (C=O) groups excluding carboxylic acids is 1. The molecule has 1 amide bonds. The van der Waals surface area contributed by atoms with Crippen molar-refractivity contribution >= 4 is 40.5 Å². The van der Waals surface area contributed by atoms with Gasteiger partial charge in [0.15, 0.2) is 0 Å². The average Bonchev–Trinajstić information content (AvgIpc) is 2.36. The fourth-order valence-electron chi connectivity index (χ4n) is 1.64. The number of hydrogen-bond donors (Lipinski definition) is 2. The zero-order valence-corrected chi connectivity index (χ0v) is 12.1. The summed E-state index contributed by atoms with van der Waals surface area (Å²) < 4.78 is 26.1. The molecule has 0 bridgehead atoms. The lowest BCUT2D eigenvalue weighted by atomic mass is 10.3. The molecular formula is C14H10Cl2F2N2O. The van der Waals surface area contributed by atoms with Crippen LogP contribution >= 0.6 is 23.2 Å². The average molecular weight is 331 g/mol. The highest BCUT2D eigenvalue weighted by Gasteiger charge is 2.07. The first-order chi connectivity index (χ1) is 9.94. The maximum Gasteiger partial charge on any atom is 0.243 e. The Kier molecular flexibility index (Phi) is 4.98. The molecule has 110 valence electrons. The van der Waals surface area contributed by atoms with Gasteiger partial charge in [-0.1, -0.05) is 23.2 Å². The molecule has 0 atom stereocenters. The van der Waals surface area contributed by atoms with Crippen molar-refractivity contribution in [3.8, 4) is 0 Å². The van der Waals surface area contributed by atoms with Crippen molar-refractivity contribution < 1.29 is 13.6 Å². The Labute approximate surface area is 129 Å². The van der Waals surface area contributed by atoms with Gasteiger partial charge in [0, 0.05) is 21.8 Å². The molecule has 0 aliphatic carbocycles. The van der Waals surface area contributed by atoms with Crippen LogP contribution in [0, 0.1) is 11.6 Å². The van der Waals surface area contributed by atoms with Crippen LogP contribution < -0.4 is 10.6 Å². The number of hydrogen-bond acceptors (Lipinski definition) is 2. The van der Waals surface area contributed by atoms with Crippen LogP contribution in [0.5, 0.6) is 0 Å². The molecule has 0 saturated carbocycles. The highest BCUT2D eigenvalue weighted by Crippen LogP contribution is 2.22. The fourth-order valence-corrected chi connectivity index (χ4v) is 2.17. The monoisotopic (exact) mass is 330 g/mol. The lowest BCUT2D eigenvalue weighted by molar-refractivity contribution is -0.114. The van der Waals surface area contributed by atoms with Gasteiger partial charge in [0.2, 0.25) is 5.91 Å². The summed E-state index contributed by atoms with van der Waals surface area (Å²) in [4.78, 5) is 11.7. The minimum atomic E-state index is -0.770. The van der Waals surface area contributed by atoms with E-state index in [2.05, 4.69) is 10.6 Å². The van der Waals surface area contributed by atoms with E-state index < -0.39 is 17.5 Å². The zero-order chi connectivity index (χ0) is 15.4. The second-order valence-corrected chi connectivity index (χ2v) is 5.06. The van der Waals surface area contributed by atoms with Crippen LogP contribution in [0.25, 0.3) is 0 Å². The van der Waals surface area contributed by atoms with Crippen LogP contribution in [0.4, 0.5) is 20.2 Å². The van der Waals surface area contributed by atoms with Gasteiger partial charge in [-0.25, -0.2) is 8.78 Å². The molecule has 21 heavy (non-hydrogen) atoms. The van der Waals surface area contributed by atoms with E-state index in [4.69, 9.17) is 23.2 Å². The number of anilines is 2. The molecule has 0 fully saturated rings. The van der Waals surface area contributed by atoms with Gasteiger partial charge >= 0.3 is 0 Å². The molecule has 0 radical (unpaired) electrons. The van der Waals surface area contributed by atoms with Crippen molar-refractivity contribution in [1.82, 2.24) is 0 Å². The van der Waals surface area contributed by atoms with Gasteiger partial charge < -0.3 is 10.6 Å². The standard InChI is InChI=1S/C14H10Cl2F2N2O/c15-8-3-9(16)5-11(4-8)20-14(21)7-19-13-2-1-10(17)6-12(13)18/h1-6,19H,7H2,(H,20,21). The van der Waals surface area contributed by atoms with Crippen LogP contribution in [0.1, 0.15) is 0 Å². The second kappa shape index (κ2) is 6.74. The van der Waals surface area contributed by atoms with Crippen LogP contribution in [0.2, 0.25) is 10.0 Å². The molecular weight excluding hydrogens is 321 g/mol. The molecule has 3 nitrogen and oxygen atoms in total. The molecule has 0 aromatic heterocycles. The van der Waals surface area contributed by atoms with Gasteiger partial charge in [-0.05, 0) is 30.3 Å². The summed E-state index contributed by atoms with van der Waals surface area (Å²) >= 11 is 11.6. The predicted molar refractivity (Wildman–Crippen MR) is 79.9 cm³/mol. The Morgan fingerprint density at radius 1 is 1.05 bits per heavy atom. The molecule has 2 aromatic rings. The summed E-state index contributed by atoms with van der Waals surface area (Å²) in [7, 11) is 0. The molecule has 0 saturated heterocycles. The van der Waals surface area contributed by atoms with E-state index in [1.165, 1.54) is 24.3 Å². The van der Waals surface area contributed by atoms with Crippen molar-refractivity contribution in [3.05, 3.63) is 58.1 Å². The Bertz CT molecular complexity index is 660. The van der Waals surface area contributed by atoms with Crippen LogP contribution in [0.15, 0.2) is 36.4 Å². The summed E-state index contributed by atoms with van der Waals surface area (Å²) in [5.74, 6) is -1.87. The van der Waals surface area contributed by atoms with Crippen LogP contribution in [0.3, 0.4) is 0 Å².